The van der Waals surface area contributed by atoms with Crippen molar-refractivity contribution in [3.8, 4) is 5.75 Å². The SMILES string of the molecule is COc1cccc(/C=C/c2ccn(CCO)c(=O)c2)c1. The molecule has 0 saturated heterocycles. The topological polar surface area (TPSA) is 51.5 Å². The predicted molar refractivity (Wildman–Crippen MR) is 79.7 cm³/mol. The molecule has 0 aliphatic heterocycles. The van der Waals surface area contributed by atoms with Gasteiger partial charge in [-0.05, 0) is 29.3 Å². The third kappa shape index (κ3) is 3.59. The number of methoxy groups -OCH3 is 1. The first-order chi connectivity index (χ1) is 9.72. The average molecular weight is 271 g/mol. The highest BCUT2D eigenvalue weighted by Crippen LogP contribution is 2.14. The van der Waals surface area contributed by atoms with Crippen LogP contribution in [0.5, 0.6) is 5.75 Å². The lowest BCUT2D eigenvalue weighted by molar-refractivity contribution is 0.274. The summed E-state index contributed by atoms with van der Waals surface area (Å²) in [5.74, 6) is 0.797. The minimum atomic E-state index is -0.119. The molecule has 4 heteroatoms. The Hall–Kier alpha value is -2.33. The zero-order chi connectivity index (χ0) is 14.4. The molecule has 1 aromatic carbocycles. The lowest BCUT2D eigenvalue weighted by Gasteiger charge is -2.03. The zero-order valence-corrected chi connectivity index (χ0v) is 11.3. The van der Waals surface area contributed by atoms with Crippen LogP contribution < -0.4 is 10.3 Å². The van der Waals surface area contributed by atoms with E-state index in [0.29, 0.717) is 6.54 Å². The van der Waals surface area contributed by atoms with Gasteiger partial charge in [0, 0.05) is 18.8 Å². The first-order valence-corrected chi connectivity index (χ1v) is 6.36. The van der Waals surface area contributed by atoms with E-state index in [2.05, 4.69) is 0 Å². The molecule has 1 heterocycles. The van der Waals surface area contributed by atoms with Crippen molar-refractivity contribution < 1.29 is 9.84 Å². The molecule has 0 radical (unpaired) electrons. The van der Waals surface area contributed by atoms with Crippen molar-refractivity contribution >= 4 is 12.2 Å². The Bertz CT molecular complexity index is 659. The van der Waals surface area contributed by atoms with Crippen molar-refractivity contribution in [2.24, 2.45) is 0 Å². The van der Waals surface area contributed by atoms with Gasteiger partial charge in [-0.15, -0.1) is 0 Å². The van der Waals surface area contributed by atoms with E-state index >= 15 is 0 Å². The molecular formula is C16H17NO3. The van der Waals surface area contributed by atoms with Gasteiger partial charge in [-0.2, -0.15) is 0 Å². The third-order valence-corrected chi connectivity index (χ3v) is 2.92. The molecule has 0 aliphatic carbocycles. The number of aliphatic hydroxyl groups excluding tert-OH is 1. The number of hydrogen-bond donors (Lipinski definition) is 1. The summed E-state index contributed by atoms with van der Waals surface area (Å²) in [5, 5.41) is 8.83. The highest BCUT2D eigenvalue weighted by atomic mass is 16.5. The molecule has 0 aliphatic rings. The summed E-state index contributed by atoms with van der Waals surface area (Å²) in [6.45, 7) is 0.275. The molecule has 0 saturated carbocycles. The monoisotopic (exact) mass is 271 g/mol. The molecule has 2 aromatic rings. The normalized spacial score (nSPS) is 10.9. The Morgan fingerprint density at radius 1 is 1.20 bits per heavy atom. The van der Waals surface area contributed by atoms with Gasteiger partial charge in [0.1, 0.15) is 5.75 Å². The quantitative estimate of drug-likeness (QED) is 0.905. The van der Waals surface area contributed by atoms with E-state index in [9.17, 15) is 4.79 Å². The van der Waals surface area contributed by atoms with Crippen LogP contribution in [0.3, 0.4) is 0 Å². The molecule has 1 N–H and O–H groups in total. The van der Waals surface area contributed by atoms with E-state index in [1.54, 1.807) is 19.4 Å². The lowest BCUT2D eigenvalue weighted by atomic mass is 10.1. The second kappa shape index (κ2) is 6.73. The van der Waals surface area contributed by atoms with Gasteiger partial charge in [-0.3, -0.25) is 4.79 Å². The maximum Gasteiger partial charge on any atom is 0.251 e. The van der Waals surface area contributed by atoms with Gasteiger partial charge in [-0.1, -0.05) is 24.3 Å². The second-order valence-corrected chi connectivity index (χ2v) is 4.33. The predicted octanol–water partition coefficient (Wildman–Crippen LogP) is 2.02. The molecule has 4 nitrogen and oxygen atoms in total. The number of rotatable bonds is 5. The van der Waals surface area contributed by atoms with Crippen molar-refractivity contribution in [1.82, 2.24) is 4.57 Å². The van der Waals surface area contributed by atoms with Crippen molar-refractivity contribution in [2.45, 2.75) is 6.54 Å². The van der Waals surface area contributed by atoms with Gasteiger partial charge in [0.2, 0.25) is 0 Å². The molecule has 20 heavy (non-hydrogen) atoms. The summed E-state index contributed by atoms with van der Waals surface area (Å²) in [7, 11) is 1.63. The maximum atomic E-state index is 11.7. The summed E-state index contributed by atoms with van der Waals surface area (Å²) in [4.78, 5) is 11.7. The smallest absolute Gasteiger partial charge is 0.251 e. The summed E-state index contributed by atoms with van der Waals surface area (Å²) >= 11 is 0. The molecule has 0 bridgehead atoms. The fourth-order valence-electron chi connectivity index (χ4n) is 1.86. The van der Waals surface area contributed by atoms with Gasteiger partial charge >= 0.3 is 0 Å². The number of ether oxygens (including phenoxy) is 1. The van der Waals surface area contributed by atoms with Gasteiger partial charge in [0.25, 0.3) is 5.56 Å². The fraction of sp³-hybridized carbons (Fsp3) is 0.188. The van der Waals surface area contributed by atoms with Crippen LogP contribution in [0.1, 0.15) is 11.1 Å². The largest absolute Gasteiger partial charge is 0.497 e. The van der Waals surface area contributed by atoms with Crippen LogP contribution in [0.4, 0.5) is 0 Å². The number of hydrogen-bond acceptors (Lipinski definition) is 3. The molecule has 1 aromatic heterocycles. The van der Waals surface area contributed by atoms with Crippen LogP contribution in [0.15, 0.2) is 47.4 Å². The Morgan fingerprint density at radius 3 is 2.60 bits per heavy atom. The van der Waals surface area contributed by atoms with Crippen LogP contribution in [0, 0.1) is 0 Å². The van der Waals surface area contributed by atoms with Crippen molar-refractivity contribution in [2.75, 3.05) is 13.7 Å². The Balaban J connectivity index is 2.18. The second-order valence-electron chi connectivity index (χ2n) is 4.33. The third-order valence-electron chi connectivity index (χ3n) is 2.92. The number of benzene rings is 1. The zero-order valence-electron chi connectivity index (χ0n) is 11.3. The van der Waals surface area contributed by atoms with Gasteiger partial charge < -0.3 is 14.4 Å². The summed E-state index contributed by atoms with van der Waals surface area (Å²) in [6, 6.07) is 11.1. The van der Waals surface area contributed by atoms with E-state index in [4.69, 9.17) is 9.84 Å². The van der Waals surface area contributed by atoms with E-state index < -0.39 is 0 Å². The van der Waals surface area contributed by atoms with Gasteiger partial charge in [0.05, 0.1) is 13.7 Å². The highest BCUT2D eigenvalue weighted by molar-refractivity contribution is 5.69. The number of nitrogens with zero attached hydrogens (tertiary/aromatic N) is 1. The Morgan fingerprint density at radius 2 is 1.95 bits per heavy atom. The van der Waals surface area contributed by atoms with Crippen LogP contribution in [-0.4, -0.2) is 23.4 Å². The van der Waals surface area contributed by atoms with E-state index in [-0.39, 0.29) is 12.2 Å². The highest BCUT2D eigenvalue weighted by Gasteiger charge is 1.96. The molecule has 0 atom stereocenters. The van der Waals surface area contributed by atoms with Crippen molar-refractivity contribution in [3.05, 3.63) is 64.1 Å². The minimum absolute atomic E-state index is 0.0428. The molecule has 104 valence electrons. The van der Waals surface area contributed by atoms with Gasteiger partial charge in [-0.25, -0.2) is 0 Å². The van der Waals surface area contributed by atoms with Crippen molar-refractivity contribution in [1.29, 1.82) is 0 Å². The minimum Gasteiger partial charge on any atom is -0.497 e. The molecular weight excluding hydrogens is 254 g/mol. The van der Waals surface area contributed by atoms with E-state index in [1.807, 2.05) is 42.5 Å². The van der Waals surface area contributed by atoms with Crippen LogP contribution >= 0.6 is 0 Å². The lowest BCUT2D eigenvalue weighted by Crippen LogP contribution is -2.20. The first-order valence-electron chi connectivity index (χ1n) is 6.36. The Labute approximate surface area is 117 Å². The van der Waals surface area contributed by atoms with Crippen LogP contribution in [0.25, 0.3) is 12.2 Å². The molecule has 0 fully saturated rings. The Kier molecular flexibility index (Phi) is 4.74. The molecule has 0 amide bonds. The molecule has 0 spiro atoms. The maximum absolute atomic E-state index is 11.7. The van der Waals surface area contributed by atoms with Crippen LogP contribution in [-0.2, 0) is 6.54 Å². The van der Waals surface area contributed by atoms with E-state index in [1.165, 1.54) is 4.57 Å². The average Bonchev–Trinajstić information content (AvgIpc) is 2.48. The molecule has 2 rings (SSSR count). The summed E-state index contributed by atoms with van der Waals surface area (Å²) in [5.41, 5.74) is 1.71. The summed E-state index contributed by atoms with van der Waals surface area (Å²) in [6.07, 6.45) is 5.48. The first kappa shape index (κ1) is 14.1. The number of aromatic nitrogens is 1. The van der Waals surface area contributed by atoms with E-state index in [0.717, 1.165) is 16.9 Å². The fourth-order valence-corrected chi connectivity index (χ4v) is 1.86. The number of aliphatic hydroxyl groups is 1. The van der Waals surface area contributed by atoms with Gasteiger partial charge in [0.15, 0.2) is 0 Å². The molecule has 0 unspecified atom stereocenters. The summed E-state index contributed by atoms with van der Waals surface area (Å²) < 4.78 is 6.63. The van der Waals surface area contributed by atoms with Crippen LogP contribution in [0.2, 0.25) is 0 Å². The number of pyridine rings is 1. The standard InChI is InChI=1S/C16H17NO3/c1-20-15-4-2-3-13(11-15)5-6-14-7-8-17(9-10-18)16(19)12-14/h2-8,11-12,18H,9-10H2,1H3/b6-5+. The van der Waals surface area contributed by atoms with Crippen molar-refractivity contribution in [3.63, 3.8) is 0 Å².